The summed E-state index contributed by atoms with van der Waals surface area (Å²) in [5.74, 6) is -1.97. The highest BCUT2D eigenvalue weighted by atomic mass is 16.7. The molecule has 0 saturated heterocycles. The molecule has 0 heterocycles. The van der Waals surface area contributed by atoms with E-state index in [1.165, 1.54) is 366 Å². The molecule has 96 heavy (non-hydrogen) atoms. The van der Waals surface area contributed by atoms with Gasteiger partial charge < -0.3 is 28.5 Å². The molecule has 0 aliphatic carbocycles. The number of hydrogen-bond donors (Lipinski definition) is 1. The summed E-state index contributed by atoms with van der Waals surface area (Å²) in [6.45, 7) is 4.96. The van der Waals surface area contributed by atoms with E-state index >= 15 is 0 Å². The van der Waals surface area contributed by atoms with E-state index in [4.69, 9.17) is 18.9 Å². The average Bonchev–Trinajstić information content (AvgIpc) is 2.59. The number of carbonyl (C=O) groups excluding carboxylic acids is 2. The van der Waals surface area contributed by atoms with Crippen LogP contribution in [0.15, 0.2) is 36.5 Å². The normalized spacial score (nSPS) is 12.7. The van der Waals surface area contributed by atoms with Gasteiger partial charge in [-0.1, -0.05) is 416 Å². The fraction of sp³-hybridized carbons (Fsp3) is 0.897. The molecule has 2 unspecified atom stereocenters. The molecular formula is C87H166NO8+. The van der Waals surface area contributed by atoms with Gasteiger partial charge in [0.25, 0.3) is 6.29 Å². The molecule has 0 amide bonds. The Kier molecular flexibility index (Phi) is 76.2. The largest absolute Gasteiger partial charge is 0.477 e. The van der Waals surface area contributed by atoms with Crippen LogP contribution in [0.3, 0.4) is 0 Å². The van der Waals surface area contributed by atoms with E-state index < -0.39 is 18.4 Å². The molecule has 0 radical (unpaired) electrons. The molecule has 0 aliphatic rings. The van der Waals surface area contributed by atoms with Gasteiger partial charge in [-0.3, -0.25) is 9.59 Å². The zero-order valence-electron chi connectivity index (χ0n) is 65.1. The van der Waals surface area contributed by atoms with E-state index in [2.05, 4.69) is 50.3 Å². The number of carbonyl (C=O) groups is 3. The maximum absolute atomic E-state index is 13.0. The monoisotopic (exact) mass is 1350 g/mol. The third-order valence-electron chi connectivity index (χ3n) is 19.6. The summed E-state index contributed by atoms with van der Waals surface area (Å²) in [6, 6.07) is 0. The van der Waals surface area contributed by atoms with E-state index in [9.17, 15) is 19.5 Å². The molecule has 0 aromatic carbocycles. The second kappa shape index (κ2) is 78.2. The van der Waals surface area contributed by atoms with Gasteiger partial charge in [0.15, 0.2) is 6.10 Å². The summed E-state index contributed by atoms with van der Waals surface area (Å²) in [5.41, 5.74) is 0. The van der Waals surface area contributed by atoms with Crippen molar-refractivity contribution in [2.24, 2.45) is 0 Å². The summed E-state index contributed by atoms with van der Waals surface area (Å²) in [6.07, 6.45) is 99.0. The number of aliphatic carboxylic acids is 1. The first-order valence-corrected chi connectivity index (χ1v) is 42.7. The number of hydrogen-bond acceptors (Lipinski definition) is 7. The van der Waals surface area contributed by atoms with Gasteiger partial charge in [0.05, 0.1) is 34.4 Å². The molecule has 9 heteroatoms. The fourth-order valence-electron chi connectivity index (χ4n) is 13.1. The summed E-state index contributed by atoms with van der Waals surface area (Å²) in [5, 5.41) is 9.78. The Labute approximate surface area is 598 Å². The molecule has 1 N–H and O–H groups in total. The van der Waals surface area contributed by atoms with Crippen LogP contribution in [0.25, 0.3) is 0 Å². The Morgan fingerprint density at radius 2 is 0.562 bits per heavy atom. The highest BCUT2D eigenvalue weighted by Gasteiger charge is 2.25. The second-order valence-corrected chi connectivity index (χ2v) is 30.5. The summed E-state index contributed by atoms with van der Waals surface area (Å²) >= 11 is 0. The molecule has 0 bridgehead atoms. The molecule has 0 fully saturated rings. The molecule has 0 aromatic heterocycles. The standard InChI is InChI=1S/C87H165NO8/c1-6-8-10-12-14-16-18-20-22-24-26-28-30-32-34-36-38-39-40-41-42-43-44-45-46-47-48-50-52-54-56-58-60-62-64-66-68-70-72-74-76-78-85(90)96-83(82-95-87(86(91)92)93-80-79-88(3,4)5)81-94-84(89)77-75-73-71-69-67-65-63-61-59-57-55-53-51-49-37-35-33-31-29-27-25-23-21-19-17-15-13-11-9-7-2/h18,20,24,26,30,32,83,87H,6-17,19,21-23,25,27-29,31,33-82H2,1-5H3/p+1/b20-18-,26-24-,32-30-. The topological polar surface area (TPSA) is 108 Å². The Bertz CT molecular complexity index is 1670. The minimum Gasteiger partial charge on any atom is -0.477 e. The SMILES string of the molecule is CCCCCCC/C=C\C/C=C\C/C=C\CCCCCCCCCCCCCCCCCCCCCCCCCCCCC(=O)OC(COC(=O)CCCCCCCCCCCCCCCCCCCCCCCCCCCCCCCC)COC(OCC[N+](C)(C)C)C(=O)O. The van der Waals surface area contributed by atoms with Crippen LogP contribution >= 0.6 is 0 Å². The molecule has 0 saturated carbocycles. The smallest absolute Gasteiger partial charge is 0.361 e. The van der Waals surface area contributed by atoms with Crippen LogP contribution < -0.4 is 0 Å². The van der Waals surface area contributed by atoms with Crippen LogP contribution in [-0.2, 0) is 33.3 Å². The van der Waals surface area contributed by atoms with Crippen molar-refractivity contribution in [3.8, 4) is 0 Å². The molecule has 566 valence electrons. The van der Waals surface area contributed by atoms with E-state index in [-0.39, 0.29) is 38.2 Å². The lowest BCUT2D eigenvalue weighted by Crippen LogP contribution is -2.40. The first-order chi connectivity index (χ1) is 47.1. The Morgan fingerprint density at radius 1 is 0.312 bits per heavy atom. The number of carboxylic acid groups (broad SMARTS) is 1. The van der Waals surface area contributed by atoms with Gasteiger partial charge in [-0.2, -0.15) is 0 Å². The minimum atomic E-state index is -1.51. The van der Waals surface area contributed by atoms with Crippen LogP contribution in [0.4, 0.5) is 0 Å². The van der Waals surface area contributed by atoms with Crippen molar-refractivity contribution in [2.75, 3.05) is 47.5 Å². The Hall–Kier alpha value is -2.49. The van der Waals surface area contributed by atoms with Crippen molar-refractivity contribution in [2.45, 2.75) is 456 Å². The van der Waals surface area contributed by atoms with Gasteiger partial charge in [-0.15, -0.1) is 0 Å². The van der Waals surface area contributed by atoms with Gasteiger partial charge in [-0.25, -0.2) is 4.79 Å². The molecular weight excluding hydrogens is 1190 g/mol. The van der Waals surface area contributed by atoms with Crippen LogP contribution in [0.1, 0.15) is 444 Å². The maximum Gasteiger partial charge on any atom is 0.361 e. The quantitative estimate of drug-likeness (QED) is 0.0211. The fourth-order valence-corrected chi connectivity index (χ4v) is 13.1. The van der Waals surface area contributed by atoms with Crippen molar-refractivity contribution in [1.82, 2.24) is 0 Å². The summed E-state index contributed by atoms with van der Waals surface area (Å²) in [4.78, 5) is 37.8. The maximum atomic E-state index is 13.0. The number of likely N-dealkylation sites (N-methyl/N-ethyl adjacent to an activating group) is 1. The molecule has 9 nitrogen and oxygen atoms in total. The van der Waals surface area contributed by atoms with Gasteiger partial charge in [-0.05, 0) is 51.4 Å². The Morgan fingerprint density at radius 3 is 0.833 bits per heavy atom. The highest BCUT2D eigenvalue weighted by molar-refractivity contribution is 5.71. The first kappa shape index (κ1) is 93.5. The number of nitrogens with zero attached hydrogens (tertiary/aromatic N) is 1. The zero-order chi connectivity index (χ0) is 69.7. The number of rotatable bonds is 81. The average molecular weight is 1350 g/mol. The predicted molar refractivity (Wildman–Crippen MR) is 415 cm³/mol. The van der Waals surface area contributed by atoms with E-state index in [1.807, 2.05) is 21.1 Å². The van der Waals surface area contributed by atoms with E-state index in [1.54, 1.807) is 0 Å². The van der Waals surface area contributed by atoms with Crippen LogP contribution in [0, 0.1) is 0 Å². The lowest BCUT2D eigenvalue weighted by molar-refractivity contribution is -0.870. The zero-order valence-corrected chi connectivity index (χ0v) is 65.1. The third kappa shape index (κ3) is 78.8. The molecule has 0 spiro atoms. The number of ether oxygens (including phenoxy) is 4. The summed E-state index contributed by atoms with van der Waals surface area (Å²) in [7, 11) is 6.00. The number of carboxylic acids is 1. The minimum absolute atomic E-state index is 0.174. The molecule has 0 rings (SSSR count). The van der Waals surface area contributed by atoms with Crippen molar-refractivity contribution in [3.05, 3.63) is 36.5 Å². The van der Waals surface area contributed by atoms with Crippen molar-refractivity contribution < 1.29 is 42.9 Å². The van der Waals surface area contributed by atoms with Crippen molar-refractivity contribution in [1.29, 1.82) is 0 Å². The van der Waals surface area contributed by atoms with Gasteiger partial charge >= 0.3 is 17.9 Å². The van der Waals surface area contributed by atoms with Gasteiger partial charge in [0, 0.05) is 12.8 Å². The van der Waals surface area contributed by atoms with Crippen molar-refractivity contribution >= 4 is 17.9 Å². The van der Waals surface area contributed by atoms with Gasteiger partial charge in [0.1, 0.15) is 13.2 Å². The van der Waals surface area contributed by atoms with Crippen LogP contribution in [-0.4, -0.2) is 87.4 Å². The number of unbranched alkanes of at least 4 members (excludes halogenated alkanes) is 60. The number of esters is 2. The lowest BCUT2D eigenvalue weighted by Gasteiger charge is -2.25. The molecule has 2 atom stereocenters. The van der Waals surface area contributed by atoms with Crippen LogP contribution in [0.2, 0.25) is 0 Å². The Balaban J connectivity index is 3.91. The number of quaternary nitrogens is 1. The first-order valence-electron chi connectivity index (χ1n) is 42.7. The summed E-state index contributed by atoms with van der Waals surface area (Å²) < 4.78 is 23.1. The molecule has 0 aromatic rings. The lowest BCUT2D eigenvalue weighted by atomic mass is 10.0. The molecule has 0 aliphatic heterocycles. The van der Waals surface area contributed by atoms with E-state index in [0.29, 0.717) is 17.4 Å². The van der Waals surface area contributed by atoms with Gasteiger partial charge in [0.2, 0.25) is 0 Å². The highest BCUT2D eigenvalue weighted by Crippen LogP contribution is 2.21. The van der Waals surface area contributed by atoms with E-state index in [0.717, 1.165) is 51.4 Å². The van der Waals surface area contributed by atoms with Crippen LogP contribution in [0.5, 0.6) is 0 Å². The van der Waals surface area contributed by atoms with Crippen molar-refractivity contribution in [3.63, 3.8) is 0 Å². The second-order valence-electron chi connectivity index (χ2n) is 30.5. The number of allylic oxidation sites excluding steroid dienone is 6. The predicted octanol–water partition coefficient (Wildman–Crippen LogP) is 27.4. The third-order valence-corrected chi connectivity index (χ3v) is 19.6.